The minimum Gasteiger partial charge on any atom is -0.490 e. The van der Waals surface area contributed by atoms with Crippen molar-refractivity contribution in [2.75, 3.05) is 6.61 Å². The molecule has 0 fully saturated rings. The first-order valence-corrected chi connectivity index (χ1v) is 12.3. The maximum atomic E-state index is 12.5. The van der Waals surface area contributed by atoms with Crippen LogP contribution in [0.25, 0.3) is 6.08 Å². The van der Waals surface area contributed by atoms with E-state index < -0.39 is 10.9 Å². The number of ether oxygens (including phenoxy) is 3. The summed E-state index contributed by atoms with van der Waals surface area (Å²) < 4.78 is 18.1. The summed E-state index contributed by atoms with van der Waals surface area (Å²) >= 11 is 8.78. The normalized spacial score (nSPS) is 13.9. The fourth-order valence-electron chi connectivity index (χ4n) is 3.57. The van der Waals surface area contributed by atoms with E-state index in [-0.39, 0.29) is 17.3 Å². The van der Waals surface area contributed by atoms with Gasteiger partial charge in [-0.2, -0.15) is 0 Å². The molecule has 184 valence electrons. The van der Waals surface area contributed by atoms with Crippen LogP contribution in [0, 0.1) is 20.6 Å². The van der Waals surface area contributed by atoms with Gasteiger partial charge >= 0.3 is 5.97 Å². The first kappa shape index (κ1) is 25.6. The monoisotopic (exact) mass is 618 g/mol. The number of rotatable bonds is 8. The van der Waals surface area contributed by atoms with Crippen LogP contribution in [0.5, 0.6) is 11.5 Å². The molecule has 1 aliphatic rings. The van der Waals surface area contributed by atoms with E-state index in [9.17, 15) is 14.9 Å². The Balaban J connectivity index is 1.65. The van der Waals surface area contributed by atoms with Crippen LogP contribution in [0.4, 0.5) is 5.69 Å². The first-order valence-electron chi connectivity index (χ1n) is 10.9. The van der Waals surface area contributed by atoms with Gasteiger partial charge in [0.25, 0.3) is 5.69 Å². The van der Waals surface area contributed by atoms with Gasteiger partial charge in [0.05, 0.1) is 16.6 Å². The van der Waals surface area contributed by atoms with E-state index in [1.54, 1.807) is 25.1 Å². The van der Waals surface area contributed by atoms with E-state index in [1.807, 2.05) is 31.2 Å². The number of carbonyl (C=O) groups is 1. The molecule has 0 N–H and O–H groups in total. The lowest BCUT2D eigenvalue weighted by Crippen LogP contribution is -2.08. The van der Waals surface area contributed by atoms with E-state index in [2.05, 4.69) is 27.6 Å². The largest absolute Gasteiger partial charge is 0.490 e. The number of halogens is 2. The van der Waals surface area contributed by atoms with Gasteiger partial charge < -0.3 is 14.2 Å². The molecule has 3 aromatic rings. The molecule has 1 heterocycles. The molecule has 0 bridgehead atoms. The Morgan fingerprint density at radius 1 is 1.17 bits per heavy atom. The molecule has 0 amide bonds. The predicted octanol–water partition coefficient (Wildman–Crippen LogP) is 6.48. The second-order valence-corrected chi connectivity index (χ2v) is 9.26. The van der Waals surface area contributed by atoms with Crippen LogP contribution in [0.15, 0.2) is 65.3 Å². The number of nitrogens with zero attached hydrogens (tertiary/aromatic N) is 2. The quantitative estimate of drug-likeness (QED) is 0.0942. The Bertz CT molecular complexity index is 1420. The summed E-state index contributed by atoms with van der Waals surface area (Å²) in [6.45, 7) is 4.11. The predicted molar refractivity (Wildman–Crippen MR) is 145 cm³/mol. The van der Waals surface area contributed by atoms with Crippen molar-refractivity contribution in [3.8, 4) is 11.5 Å². The van der Waals surface area contributed by atoms with E-state index in [1.165, 1.54) is 18.2 Å². The molecule has 0 unspecified atom stereocenters. The van der Waals surface area contributed by atoms with Crippen molar-refractivity contribution in [1.29, 1.82) is 0 Å². The first-order chi connectivity index (χ1) is 17.3. The third kappa shape index (κ3) is 5.52. The maximum absolute atomic E-state index is 12.5. The van der Waals surface area contributed by atoms with E-state index in [0.29, 0.717) is 46.4 Å². The van der Waals surface area contributed by atoms with E-state index in [0.717, 1.165) is 9.13 Å². The number of esters is 1. The average Bonchev–Trinajstić information content (AvgIpc) is 3.19. The lowest BCUT2D eigenvalue weighted by atomic mass is 10.1. The molecule has 4 rings (SSSR count). The van der Waals surface area contributed by atoms with Crippen molar-refractivity contribution >= 4 is 57.8 Å². The zero-order valence-electron chi connectivity index (χ0n) is 19.3. The minimum absolute atomic E-state index is 0.000922. The number of cyclic esters (lactones) is 1. The molecule has 0 aliphatic carbocycles. The van der Waals surface area contributed by atoms with Crippen molar-refractivity contribution in [3.05, 3.63) is 101 Å². The van der Waals surface area contributed by atoms with Crippen molar-refractivity contribution in [2.45, 2.75) is 20.5 Å². The molecule has 0 saturated carbocycles. The van der Waals surface area contributed by atoms with Crippen LogP contribution in [-0.4, -0.2) is 23.4 Å². The summed E-state index contributed by atoms with van der Waals surface area (Å²) in [4.78, 5) is 27.6. The van der Waals surface area contributed by atoms with Crippen LogP contribution >= 0.6 is 34.2 Å². The number of nitro groups is 1. The van der Waals surface area contributed by atoms with Crippen LogP contribution in [0.1, 0.15) is 29.2 Å². The second kappa shape index (κ2) is 11.1. The molecule has 0 saturated heterocycles. The zero-order chi connectivity index (χ0) is 25.8. The van der Waals surface area contributed by atoms with Gasteiger partial charge in [0.1, 0.15) is 6.61 Å². The lowest BCUT2D eigenvalue weighted by Gasteiger charge is -2.15. The smallest absolute Gasteiger partial charge is 0.363 e. The van der Waals surface area contributed by atoms with E-state index >= 15 is 0 Å². The second-order valence-electron chi connectivity index (χ2n) is 7.69. The molecule has 36 heavy (non-hydrogen) atoms. The number of hydrogen-bond acceptors (Lipinski definition) is 7. The Labute approximate surface area is 225 Å². The molecule has 10 heteroatoms. The van der Waals surface area contributed by atoms with Gasteiger partial charge in [-0.05, 0) is 72.3 Å². The third-order valence-electron chi connectivity index (χ3n) is 5.32. The molecule has 0 radical (unpaired) electrons. The highest BCUT2D eigenvalue weighted by molar-refractivity contribution is 14.1. The Morgan fingerprint density at radius 3 is 2.67 bits per heavy atom. The summed E-state index contributed by atoms with van der Waals surface area (Å²) in [7, 11) is 0. The number of nitro benzene ring substituents is 1. The topological polar surface area (TPSA) is 100 Å². The van der Waals surface area contributed by atoms with Gasteiger partial charge in [0.2, 0.25) is 5.90 Å². The number of carbonyl (C=O) groups excluding carboxylic acids is 1. The molecule has 8 nitrogen and oxygen atoms in total. The van der Waals surface area contributed by atoms with Gasteiger partial charge in [-0.15, -0.1) is 0 Å². The van der Waals surface area contributed by atoms with Gasteiger partial charge in [0, 0.05) is 26.3 Å². The number of hydrogen-bond donors (Lipinski definition) is 0. The molecule has 3 aromatic carbocycles. The van der Waals surface area contributed by atoms with Crippen molar-refractivity contribution in [3.63, 3.8) is 0 Å². The fraction of sp³-hybridized carbons (Fsp3) is 0.154. The summed E-state index contributed by atoms with van der Waals surface area (Å²) in [6, 6.07) is 15.7. The molecular formula is C26H20ClIN2O6. The van der Waals surface area contributed by atoms with Crippen LogP contribution < -0.4 is 9.47 Å². The molecule has 0 aromatic heterocycles. The van der Waals surface area contributed by atoms with Gasteiger partial charge in [-0.25, -0.2) is 9.79 Å². The van der Waals surface area contributed by atoms with Crippen molar-refractivity contribution in [2.24, 2.45) is 4.99 Å². The van der Waals surface area contributed by atoms with Crippen molar-refractivity contribution in [1.82, 2.24) is 0 Å². The Kier molecular flexibility index (Phi) is 7.90. The summed E-state index contributed by atoms with van der Waals surface area (Å²) in [5.41, 5.74) is 2.23. The molecular weight excluding hydrogens is 599 g/mol. The standard InChI is InChI=1S/C26H20ClIN2O6/c1-3-34-23-13-16(11-19(27)24(23)35-14-17-7-4-5-9-20(17)28)12-21-26(31)36-25(29-21)18-8-6-10-22(15(18)2)30(32)33/h4-13H,3,14H2,1-2H3/b21-12-. The lowest BCUT2D eigenvalue weighted by molar-refractivity contribution is -0.385. The zero-order valence-corrected chi connectivity index (χ0v) is 22.2. The summed E-state index contributed by atoms with van der Waals surface area (Å²) in [5.74, 6) is 0.142. The summed E-state index contributed by atoms with van der Waals surface area (Å²) in [5, 5.41) is 11.6. The number of benzene rings is 3. The molecule has 0 spiro atoms. The van der Waals surface area contributed by atoms with Gasteiger partial charge in [-0.1, -0.05) is 35.9 Å². The molecule has 0 atom stereocenters. The van der Waals surface area contributed by atoms with Crippen molar-refractivity contribution < 1.29 is 23.9 Å². The van der Waals surface area contributed by atoms with Crippen LogP contribution in [-0.2, 0) is 16.1 Å². The van der Waals surface area contributed by atoms with E-state index in [4.69, 9.17) is 25.8 Å². The highest BCUT2D eigenvalue weighted by Crippen LogP contribution is 2.38. The molecule has 1 aliphatic heterocycles. The van der Waals surface area contributed by atoms with Crippen LogP contribution in [0.2, 0.25) is 5.02 Å². The average molecular weight is 619 g/mol. The van der Waals surface area contributed by atoms with Gasteiger partial charge in [0.15, 0.2) is 17.2 Å². The fourth-order valence-corrected chi connectivity index (χ4v) is 4.39. The van der Waals surface area contributed by atoms with Crippen LogP contribution in [0.3, 0.4) is 0 Å². The minimum atomic E-state index is -0.677. The SMILES string of the molecule is CCOc1cc(/C=C2\N=C(c3cccc([N+](=O)[O-])c3C)OC2=O)cc(Cl)c1OCc1ccccc1I. The Hall–Kier alpha value is -3.44. The highest BCUT2D eigenvalue weighted by Gasteiger charge is 2.27. The van der Waals surface area contributed by atoms with Gasteiger partial charge in [-0.3, -0.25) is 10.1 Å². The Morgan fingerprint density at radius 2 is 1.94 bits per heavy atom. The third-order valence-corrected chi connectivity index (χ3v) is 6.65. The highest BCUT2D eigenvalue weighted by atomic mass is 127. The number of aliphatic imine (C=N–C) groups is 1. The summed E-state index contributed by atoms with van der Waals surface area (Å²) in [6.07, 6.45) is 1.51. The maximum Gasteiger partial charge on any atom is 0.363 e.